The number of hydrogen-bond acceptors (Lipinski definition) is 3. The average Bonchev–Trinajstić information content (AvgIpc) is 3.10. The highest BCUT2D eigenvalue weighted by Crippen LogP contribution is 2.29. The molecule has 6 heteroatoms. The number of amides is 2. The van der Waals surface area contributed by atoms with Crippen LogP contribution in [0.1, 0.15) is 39.5 Å². The minimum Gasteiger partial charge on any atom is -0.481 e. The molecule has 0 spiro atoms. The molecule has 1 aliphatic carbocycles. The number of carboxylic acids is 1. The first kappa shape index (κ1) is 15.1. The average molecular weight is 283 g/mol. The fourth-order valence-electron chi connectivity index (χ4n) is 2.95. The van der Waals surface area contributed by atoms with Gasteiger partial charge in [-0.15, -0.1) is 0 Å². The van der Waals surface area contributed by atoms with E-state index >= 15 is 0 Å². The normalized spacial score (nSPS) is 24.4. The van der Waals surface area contributed by atoms with Gasteiger partial charge in [-0.3, -0.25) is 9.69 Å². The van der Waals surface area contributed by atoms with Gasteiger partial charge in [0.2, 0.25) is 0 Å². The second-order valence-corrected chi connectivity index (χ2v) is 5.89. The fourth-order valence-corrected chi connectivity index (χ4v) is 2.95. The van der Waals surface area contributed by atoms with Crippen molar-refractivity contribution in [2.45, 2.75) is 57.7 Å². The Morgan fingerprint density at radius 2 is 2.10 bits per heavy atom. The number of hydrogen-bond donors (Lipinski definition) is 2. The van der Waals surface area contributed by atoms with Crippen molar-refractivity contribution in [2.24, 2.45) is 0 Å². The van der Waals surface area contributed by atoms with Crippen molar-refractivity contribution < 1.29 is 14.7 Å². The first-order valence-corrected chi connectivity index (χ1v) is 7.54. The number of nitrogens with zero attached hydrogens (tertiary/aromatic N) is 2. The number of carboxylic acid groups (broad SMARTS) is 1. The Bertz CT molecular complexity index is 371. The molecule has 114 valence electrons. The van der Waals surface area contributed by atoms with Gasteiger partial charge < -0.3 is 15.3 Å². The van der Waals surface area contributed by atoms with Crippen molar-refractivity contribution in [1.82, 2.24) is 15.1 Å². The standard InChI is InChI=1S/C14H25N3O3/c1-3-17(10(2)8-13(18)19)14(20)15-11-6-7-16(9-11)12-4-5-12/h10-12H,3-9H2,1-2H3,(H,15,20)(H,18,19). The van der Waals surface area contributed by atoms with Crippen LogP contribution in [-0.4, -0.2) is 64.7 Å². The van der Waals surface area contributed by atoms with Crippen molar-refractivity contribution in [2.75, 3.05) is 19.6 Å². The van der Waals surface area contributed by atoms with E-state index in [1.165, 1.54) is 12.8 Å². The number of rotatable bonds is 6. The molecule has 1 saturated heterocycles. The van der Waals surface area contributed by atoms with Gasteiger partial charge in [-0.2, -0.15) is 0 Å². The predicted octanol–water partition coefficient (Wildman–Crippen LogP) is 1.12. The summed E-state index contributed by atoms with van der Waals surface area (Å²) in [6.45, 7) is 6.18. The first-order valence-electron chi connectivity index (χ1n) is 7.54. The monoisotopic (exact) mass is 283 g/mol. The summed E-state index contributed by atoms with van der Waals surface area (Å²) in [5.41, 5.74) is 0. The molecule has 1 heterocycles. The number of urea groups is 1. The molecule has 2 N–H and O–H groups in total. The highest BCUT2D eigenvalue weighted by molar-refractivity contribution is 5.76. The summed E-state index contributed by atoms with van der Waals surface area (Å²) >= 11 is 0. The fraction of sp³-hybridized carbons (Fsp3) is 0.857. The summed E-state index contributed by atoms with van der Waals surface area (Å²) in [5.74, 6) is -0.871. The topological polar surface area (TPSA) is 72.9 Å². The van der Waals surface area contributed by atoms with Crippen LogP contribution in [0.25, 0.3) is 0 Å². The van der Waals surface area contributed by atoms with Crippen LogP contribution in [0.3, 0.4) is 0 Å². The molecule has 6 nitrogen and oxygen atoms in total. The summed E-state index contributed by atoms with van der Waals surface area (Å²) in [6.07, 6.45) is 3.56. The second-order valence-electron chi connectivity index (χ2n) is 5.89. The Morgan fingerprint density at radius 1 is 1.40 bits per heavy atom. The molecule has 0 aromatic carbocycles. The summed E-state index contributed by atoms with van der Waals surface area (Å²) in [4.78, 5) is 27.1. The number of carbonyl (C=O) groups excluding carboxylic acids is 1. The molecule has 2 rings (SSSR count). The van der Waals surface area contributed by atoms with E-state index in [0.29, 0.717) is 6.54 Å². The highest BCUT2D eigenvalue weighted by atomic mass is 16.4. The van der Waals surface area contributed by atoms with Gasteiger partial charge in [-0.25, -0.2) is 4.79 Å². The number of nitrogens with one attached hydrogen (secondary N) is 1. The lowest BCUT2D eigenvalue weighted by Gasteiger charge is -2.28. The van der Waals surface area contributed by atoms with Crippen molar-refractivity contribution >= 4 is 12.0 Å². The van der Waals surface area contributed by atoms with Gasteiger partial charge in [-0.1, -0.05) is 0 Å². The third kappa shape index (κ3) is 3.85. The van der Waals surface area contributed by atoms with Crippen molar-refractivity contribution in [1.29, 1.82) is 0 Å². The third-order valence-corrected chi connectivity index (χ3v) is 4.21. The Hall–Kier alpha value is -1.30. The Morgan fingerprint density at radius 3 is 2.65 bits per heavy atom. The molecule has 0 aromatic rings. The lowest BCUT2D eigenvalue weighted by atomic mass is 10.2. The van der Waals surface area contributed by atoms with Crippen LogP contribution in [0, 0.1) is 0 Å². The summed E-state index contributed by atoms with van der Waals surface area (Å²) in [7, 11) is 0. The van der Waals surface area contributed by atoms with Gasteiger partial charge in [0.1, 0.15) is 0 Å². The van der Waals surface area contributed by atoms with Crippen LogP contribution < -0.4 is 5.32 Å². The van der Waals surface area contributed by atoms with Crippen LogP contribution in [0.5, 0.6) is 0 Å². The number of aliphatic carboxylic acids is 1. The highest BCUT2D eigenvalue weighted by Gasteiger charge is 2.35. The molecular weight excluding hydrogens is 258 g/mol. The van der Waals surface area contributed by atoms with Crippen LogP contribution in [0.15, 0.2) is 0 Å². The maximum Gasteiger partial charge on any atom is 0.317 e. The molecule has 2 aliphatic rings. The van der Waals surface area contributed by atoms with E-state index in [1.807, 2.05) is 6.92 Å². The first-order chi connectivity index (χ1) is 9.51. The van der Waals surface area contributed by atoms with Gasteiger partial charge in [0, 0.05) is 37.8 Å². The lowest BCUT2D eigenvalue weighted by molar-refractivity contribution is -0.138. The summed E-state index contributed by atoms with van der Waals surface area (Å²) in [6, 6.07) is 0.529. The molecular formula is C14H25N3O3. The Balaban J connectivity index is 1.81. The zero-order chi connectivity index (χ0) is 14.7. The second kappa shape index (κ2) is 6.43. The van der Waals surface area contributed by atoms with Crippen LogP contribution in [0.4, 0.5) is 4.79 Å². The molecule has 2 fully saturated rings. The summed E-state index contributed by atoms with van der Waals surface area (Å²) < 4.78 is 0. The predicted molar refractivity (Wildman–Crippen MR) is 75.6 cm³/mol. The smallest absolute Gasteiger partial charge is 0.317 e. The molecule has 1 aliphatic heterocycles. The van der Waals surface area contributed by atoms with E-state index < -0.39 is 5.97 Å². The van der Waals surface area contributed by atoms with Crippen molar-refractivity contribution in [3.63, 3.8) is 0 Å². The van der Waals surface area contributed by atoms with Gasteiger partial charge in [-0.05, 0) is 33.1 Å². The minimum absolute atomic E-state index is 0.0138. The number of likely N-dealkylation sites (tertiary alicyclic amines) is 1. The molecule has 20 heavy (non-hydrogen) atoms. The van der Waals surface area contributed by atoms with E-state index in [9.17, 15) is 9.59 Å². The Kier molecular flexibility index (Phi) is 4.86. The van der Waals surface area contributed by atoms with E-state index in [2.05, 4.69) is 10.2 Å². The quantitative estimate of drug-likeness (QED) is 0.766. The SMILES string of the molecule is CCN(C(=O)NC1CCN(C2CC2)C1)C(C)CC(=O)O. The zero-order valence-corrected chi connectivity index (χ0v) is 12.3. The van der Waals surface area contributed by atoms with E-state index in [-0.39, 0.29) is 24.5 Å². The van der Waals surface area contributed by atoms with Gasteiger partial charge in [0.15, 0.2) is 0 Å². The maximum atomic E-state index is 12.2. The lowest BCUT2D eigenvalue weighted by Crippen LogP contribution is -2.49. The molecule has 0 radical (unpaired) electrons. The van der Waals surface area contributed by atoms with Crippen LogP contribution in [-0.2, 0) is 4.79 Å². The van der Waals surface area contributed by atoms with Crippen LogP contribution >= 0.6 is 0 Å². The summed E-state index contributed by atoms with van der Waals surface area (Å²) in [5, 5.41) is 11.9. The molecule has 2 atom stereocenters. The largest absolute Gasteiger partial charge is 0.481 e. The molecule has 2 amide bonds. The van der Waals surface area contributed by atoms with Crippen LogP contribution in [0.2, 0.25) is 0 Å². The minimum atomic E-state index is -0.871. The van der Waals surface area contributed by atoms with Crippen molar-refractivity contribution in [3.05, 3.63) is 0 Å². The molecule has 2 unspecified atom stereocenters. The zero-order valence-electron chi connectivity index (χ0n) is 12.3. The third-order valence-electron chi connectivity index (χ3n) is 4.21. The van der Waals surface area contributed by atoms with E-state index in [1.54, 1.807) is 11.8 Å². The van der Waals surface area contributed by atoms with Gasteiger partial charge >= 0.3 is 12.0 Å². The Labute approximate surface area is 120 Å². The van der Waals surface area contributed by atoms with Gasteiger partial charge in [0.25, 0.3) is 0 Å². The van der Waals surface area contributed by atoms with E-state index in [4.69, 9.17) is 5.11 Å². The van der Waals surface area contributed by atoms with Gasteiger partial charge in [0.05, 0.1) is 6.42 Å². The molecule has 0 bridgehead atoms. The maximum absolute atomic E-state index is 12.2. The molecule has 0 aromatic heterocycles. The van der Waals surface area contributed by atoms with E-state index in [0.717, 1.165) is 25.6 Å². The van der Waals surface area contributed by atoms with Crippen molar-refractivity contribution in [3.8, 4) is 0 Å². The number of carbonyl (C=O) groups is 2. The molecule has 1 saturated carbocycles.